The molecule has 3 aromatic rings. The van der Waals surface area contributed by atoms with Gasteiger partial charge in [0, 0.05) is 37.9 Å². The van der Waals surface area contributed by atoms with E-state index >= 15 is 0 Å². The van der Waals surface area contributed by atoms with E-state index < -0.39 is 0 Å². The molecule has 0 bridgehead atoms. The van der Waals surface area contributed by atoms with E-state index in [1.807, 2.05) is 12.3 Å². The predicted octanol–water partition coefficient (Wildman–Crippen LogP) is 1.08. The number of nitriles is 1. The van der Waals surface area contributed by atoms with Crippen LogP contribution in [0.5, 0.6) is 5.75 Å². The normalized spacial score (nSPS) is 14.5. The van der Waals surface area contributed by atoms with E-state index in [0.717, 1.165) is 43.3 Å². The first-order valence-electron chi connectivity index (χ1n) is 8.03. The van der Waals surface area contributed by atoms with E-state index in [-0.39, 0.29) is 0 Å². The Bertz CT molecular complexity index is 936. The molecule has 1 N–H and O–H groups in total. The van der Waals surface area contributed by atoms with Crippen LogP contribution in [0.1, 0.15) is 5.56 Å². The van der Waals surface area contributed by atoms with Crippen LogP contribution in [0.2, 0.25) is 0 Å². The summed E-state index contributed by atoms with van der Waals surface area (Å²) in [5.41, 5.74) is 2.69. The first-order chi connectivity index (χ1) is 12.3. The second-order valence-electron chi connectivity index (χ2n) is 5.76. The molecule has 3 aromatic heterocycles. The minimum absolute atomic E-state index is 0.476. The number of aromatic nitrogens is 4. The zero-order chi connectivity index (χ0) is 17.2. The summed E-state index contributed by atoms with van der Waals surface area (Å²) in [5, 5.41) is 16.7. The van der Waals surface area contributed by atoms with Crippen LogP contribution < -0.4 is 15.0 Å². The lowest BCUT2D eigenvalue weighted by Crippen LogP contribution is -2.43. The number of nitrogens with one attached hydrogen (secondary N) is 1. The van der Waals surface area contributed by atoms with Gasteiger partial charge in [0.1, 0.15) is 28.7 Å². The number of rotatable bonds is 3. The largest absolute Gasteiger partial charge is 0.494 e. The van der Waals surface area contributed by atoms with Crippen LogP contribution in [-0.4, -0.2) is 52.9 Å². The second kappa shape index (κ2) is 6.37. The van der Waals surface area contributed by atoms with Crippen LogP contribution in [0.4, 0.5) is 5.82 Å². The molecule has 4 heterocycles. The zero-order valence-electron chi connectivity index (χ0n) is 13.8. The molecule has 0 atom stereocenters. The molecule has 0 saturated carbocycles. The van der Waals surface area contributed by atoms with Crippen molar-refractivity contribution in [2.24, 2.45) is 0 Å². The van der Waals surface area contributed by atoms with Crippen LogP contribution in [0.3, 0.4) is 0 Å². The number of fused-ring (bicyclic) bond motifs is 1. The van der Waals surface area contributed by atoms with Crippen molar-refractivity contribution in [3.05, 3.63) is 36.4 Å². The van der Waals surface area contributed by atoms with Gasteiger partial charge in [-0.2, -0.15) is 10.4 Å². The lowest BCUT2D eigenvalue weighted by molar-refractivity contribution is 0.417. The number of nitrogens with zero attached hydrogens (tertiary/aromatic N) is 6. The van der Waals surface area contributed by atoms with Crippen molar-refractivity contribution < 1.29 is 4.74 Å². The average Bonchev–Trinajstić information content (AvgIpc) is 3.11. The average molecular weight is 335 g/mol. The van der Waals surface area contributed by atoms with E-state index in [0.29, 0.717) is 16.8 Å². The Labute approximate surface area is 144 Å². The number of hydrogen-bond donors (Lipinski definition) is 1. The summed E-state index contributed by atoms with van der Waals surface area (Å²) in [6, 6.07) is 3.98. The van der Waals surface area contributed by atoms with Crippen molar-refractivity contribution in [1.82, 2.24) is 24.9 Å². The number of hydrogen-bond acceptors (Lipinski definition) is 7. The molecular formula is C17H17N7O. The van der Waals surface area contributed by atoms with Crippen LogP contribution in [-0.2, 0) is 0 Å². The van der Waals surface area contributed by atoms with Crippen LogP contribution >= 0.6 is 0 Å². The van der Waals surface area contributed by atoms with Gasteiger partial charge in [-0.1, -0.05) is 0 Å². The van der Waals surface area contributed by atoms with Crippen LogP contribution in [0.15, 0.2) is 30.9 Å². The summed E-state index contributed by atoms with van der Waals surface area (Å²) < 4.78 is 7.07. The molecule has 1 aliphatic rings. The number of methoxy groups -OCH3 is 1. The fourth-order valence-corrected chi connectivity index (χ4v) is 2.99. The zero-order valence-corrected chi connectivity index (χ0v) is 13.8. The highest BCUT2D eigenvalue weighted by Gasteiger charge is 2.15. The topological polar surface area (TPSA) is 91.4 Å². The second-order valence-corrected chi connectivity index (χ2v) is 5.76. The Kier molecular flexibility index (Phi) is 3.91. The Balaban J connectivity index is 1.70. The van der Waals surface area contributed by atoms with Gasteiger partial charge in [0.15, 0.2) is 0 Å². The van der Waals surface area contributed by atoms with Crippen molar-refractivity contribution in [2.75, 3.05) is 38.2 Å². The van der Waals surface area contributed by atoms with Crippen molar-refractivity contribution in [3.8, 4) is 23.1 Å². The Morgan fingerprint density at radius 3 is 2.72 bits per heavy atom. The fraction of sp³-hybridized carbons (Fsp3) is 0.294. The minimum atomic E-state index is 0.476. The maximum Gasteiger partial charge on any atom is 0.147 e. The monoisotopic (exact) mass is 335 g/mol. The van der Waals surface area contributed by atoms with Gasteiger partial charge in [0.25, 0.3) is 0 Å². The SMILES string of the molecule is COc1cc(-c2cnc(N3CCNCC3)cn2)cn2ncc(C#N)c12. The van der Waals surface area contributed by atoms with Crippen molar-refractivity contribution >= 4 is 11.3 Å². The third-order valence-corrected chi connectivity index (χ3v) is 4.29. The molecule has 4 rings (SSSR count). The van der Waals surface area contributed by atoms with E-state index in [1.165, 1.54) is 6.20 Å². The highest BCUT2D eigenvalue weighted by Crippen LogP contribution is 2.29. The van der Waals surface area contributed by atoms with E-state index in [9.17, 15) is 5.26 Å². The summed E-state index contributed by atoms with van der Waals surface area (Å²) in [4.78, 5) is 11.3. The molecule has 8 nitrogen and oxygen atoms in total. The van der Waals surface area contributed by atoms with Crippen molar-refractivity contribution in [2.45, 2.75) is 0 Å². The van der Waals surface area contributed by atoms with E-state index in [1.54, 1.807) is 24.0 Å². The van der Waals surface area contributed by atoms with Gasteiger partial charge in [-0.05, 0) is 6.07 Å². The molecular weight excluding hydrogens is 318 g/mol. The molecule has 0 unspecified atom stereocenters. The first-order valence-corrected chi connectivity index (χ1v) is 8.03. The molecule has 8 heteroatoms. The summed E-state index contributed by atoms with van der Waals surface area (Å²) in [7, 11) is 1.58. The van der Waals surface area contributed by atoms with Gasteiger partial charge in [0.05, 0.1) is 31.4 Å². The molecule has 126 valence electrons. The van der Waals surface area contributed by atoms with E-state index in [2.05, 4.69) is 31.4 Å². The molecule has 1 fully saturated rings. The molecule has 1 aliphatic heterocycles. The lowest BCUT2D eigenvalue weighted by atomic mass is 10.2. The fourth-order valence-electron chi connectivity index (χ4n) is 2.99. The molecule has 25 heavy (non-hydrogen) atoms. The van der Waals surface area contributed by atoms with Crippen LogP contribution in [0.25, 0.3) is 16.8 Å². The predicted molar refractivity (Wildman–Crippen MR) is 92.6 cm³/mol. The first kappa shape index (κ1) is 15.4. The van der Waals surface area contributed by atoms with Gasteiger partial charge >= 0.3 is 0 Å². The minimum Gasteiger partial charge on any atom is -0.494 e. The Hall–Kier alpha value is -3.18. The van der Waals surface area contributed by atoms with Gasteiger partial charge in [-0.3, -0.25) is 4.98 Å². The number of piperazine rings is 1. The number of pyridine rings is 1. The number of ether oxygens (including phenoxy) is 1. The van der Waals surface area contributed by atoms with Gasteiger partial charge in [-0.15, -0.1) is 0 Å². The highest BCUT2D eigenvalue weighted by atomic mass is 16.5. The Morgan fingerprint density at radius 2 is 2.04 bits per heavy atom. The van der Waals surface area contributed by atoms with Gasteiger partial charge in [0.2, 0.25) is 0 Å². The van der Waals surface area contributed by atoms with Crippen LogP contribution in [0, 0.1) is 11.3 Å². The third-order valence-electron chi connectivity index (χ3n) is 4.29. The molecule has 0 spiro atoms. The smallest absolute Gasteiger partial charge is 0.147 e. The quantitative estimate of drug-likeness (QED) is 0.766. The molecule has 0 aliphatic carbocycles. The molecule has 1 saturated heterocycles. The lowest BCUT2D eigenvalue weighted by Gasteiger charge is -2.28. The third kappa shape index (κ3) is 2.75. The number of anilines is 1. The summed E-state index contributed by atoms with van der Waals surface area (Å²) >= 11 is 0. The van der Waals surface area contributed by atoms with E-state index in [4.69, 9.17) is 4.74 Å². The maximum absolute atomic E-state index is 9.19. The molecule has 0 aromatic carbocycles. The standard InChI is InChI=1S/C17H17N7O/c1-25-15-6-12(11-24-17(15)13(7-18)8-22-24)14-9-21-16(10-20-14)23-4-2-19-3-5-23/h6,8-11,19H,2-5H2,1H3. The maximum atomic E-state index is 9.19. The van der Waals surface area contributed by atoms with Gasteiger partial charge in [-0.25, -0.2) is 9.50 Å². The Morgan fingerprint density at radius 1 is 1.20 bits per heavy atom. The van der Waals surface area contributed by atoms with Crippen molar-refractivity contribution in [1.29, 1.82) is 5.26 Å². The molecule has 0 radical (unpaired) electrons. The summed E-state index contributed by atoms with van der Waals surface area (Å²) in [6.07, 6.45) is 6.90. The van der Waals surface area contributed by atoms with Crippen molar-refractivity contribution in [3.63, 3.8) is 0 Å². The summed E-state index contributed by atoms with van der Waals surface area (Å²) in [5.74, 6) is 1.46. The van der Waals surface area contributed by atoms with Gasteiger partial charge < -0.3 is 15.0 Å². The molecule has 0 amide bonds. The summed E-state index contributed by atoms with van der Waals surface area (Å²) in [6.45, 7) is 3.77. The highest BCUT2D eigenvalue weighted by molar-refractivity contribution is 5.74.